The van der Waals surface area contributed by atoms with Crippen LogP contribution in [0.5, 0.6) is 11.8 Å². The van der Waals surface area contributed by atoms with Crippen molar-refractivity contribution in [3.63, 3.8) is 0 Å². The Morgan fingerprint density at radius 3 is 2.50 bits per heavy atom. The molecule has 204 valence electrons. The summed E-state index contributed by atoms with van der Waals surface area (Å²) in [5.41, 5.74) is 2.74. The molecule has 2 aromatic carbocycles. The Morgan fingerprint density at radius 2 is 1.77 bits per heavy atom. The van der Waals surface area contributed by atoms with Gasteiger partial charge in [0.2, 0.25) is 5.91 Å². The zero-order chi connectivity index (χ0) is 28.0. The number of imidazole rings is 1. The molecule has 0 saturated carbocycles. The fourth-order valence-corrected chi connectivity index (χ4v) is 5.40. The van der Waals surface area contributed by atoms with Crippen molar-refractivity contribution in [2.45, 2.75) is 32.7 Å². The quantitative estimate of drug-likeness (QED) is 0.336. The van der Waals surface area contributed by atoms with Gasteiger partial charge in [0.1, 0.15) is 35.3 Å². The summed E-state index contributed by atoms with van der Waals surface area (Å²) in [6.07, 6.45) is 4.52. The zero-order valence-electron chi connectivity index (χ0n) is 21.9. The molecule has 6 rings (SSSR count). The molecule has 0 unspecified atom stereocenters. The molecule has 3 aromatic heterocycles. The summed E-state index contributed by atoms with van der Waals surface area (Å²) >= 11 is 0. The minimum atomic E-state index is -0.658. The zero-order valence-corrected chi connectivity index (χ0v) is 21.9. The third-order valence-corrected chi connectivity index (χ3v) is 7.31. The van der Waals surface area contributed by atoms with Crippen LogP contribution in [0.15, 0.2) is 48.8 Å². The van der Waals surface area contributed by atoms with Crippen LogP contribution in [0, 0.1) is 25.5 Å². The maximum atomic E-state index is 15.4. The Hall–Kier alpha value is -4.51. The fraction of sp³-hybridized carbons (Fsp3) is 0.276. The topological polar surface area (TPSA) is 106 Å². The van der Waals surface area contributed by atoms with Crippen molar-refractivity contribution in [3.8, 4) is 22.9 Å². The molecule has 1 saturated heterocycles. The van der Waals surface area contributed by atoms with E-state index in [2.05, 4.69) is 19.5 Å². The van der Waals surface area contributed by atoms with Gasteiger partial charge in [0.25, 0.3) is 0 Å². The second-order valence-corrected chi connectivity index (χ2v) is 9.86. The minimum Gasteiger partial charge on any atom is -0.424 e. The number of halogens is 2. The average molecular weight is 545 g/mol. The molecular formula is C29H26F2N6O3. The lowest BCUT2D eigenvalue weighted by Gasteiger charge is -2.33. The fourth-order valence-electron chi connectivity index (χ4n) is 5.40. The predicted molar refractivity (Wildman–Crippen MR) is 144 cm³/mol. The van der Waals surface area contributed by atoms with E-state index in [0.717, 1.165) is 11.3 Å². The summed E-state index contributed by atoms with van der Waals surface area (Å²) in [6.45, 7) is 4.21. The molecule has 11 heteroatoms. The van der Waals surface area contributed by atoms with Crippen LogP contribution < -0.4 is 4.74 Å². The van der Waals surface area contributed by atoms with E-state index in [1.807, 2.05) is 6.92 Å². The Bertz CT molecular complexity index is 1760. The van der Waals surface area contributed by atoms with E-state index in [4.69, 9.17) is 9.72 Å². The number of benzene rings is 2. The Balaban J connectivity index is 1.40. The van der Waals surface area contributed by atoms with Crippen LogP contribution in [0.25, 0.3) is 33.1 Å². The van der Waals surface area contributed by atoms with E-state index < -0.39 is 18.2 Å². The number of aliphatic hydroxyl groups excluding tert-OH is 1. The molecule has 1 aliphatic rings. The highest BCUT2D eigenvalue weighted by molar-refractivity contribution is 6.04. The number of carbonyl (C=O) groups excluding carboxylic acids is 1. The summed E-state index contributed by atoms with van der Waals surface area (Å²) < 4.78 is 38.4. The lowest BCUT2D eigenvalue weighted by Crippen LogP contribution is -2.40. The van der Waals surface area contributed by atoms with Gasteiger partial charge in [0.05, 0.1) is 17.2 Å². The van der Waals surface area contributed by atoms with E-state index >= 15 is 8.78 Å². The monoisotopic (exact) mass is 544 g/mol. The molecule has 40 heavy (non-hydrogen) atoms. The van der Waals surface area contributed by atoms with Crippen molar-refractivity contribution in [1.82, 2.24) is 29.4 Å². The highest BCUT2D eigenvalue weighted by Gasteiger charge is 2.27. The van der Waals surface area contributed by atoms with Crippen molar-refractivity contribution in [2.75, 3.05) is 19.7 Å². The van der Waals surface area contributed by atoms with Gasteiger partial charge in [-0.25, -0.2) is 23.7 Å². The second-order valence-electron chi connectivity index (χ2n) is 9.86. The molecule has 1 N–H and O–H groups in total. The van der Waals surface area contributed by atoms with Gasteiger partial charge in [0, 0.05) is 59.7 Å². The number of carbonyl (C=O) groups is 1. The molecule has 1 fully saturated rings. The minimum absolute atomic E-state index is 0.0452. The Kier molecular flexibility index (Phi) is 6.59. The van der Waals surface area contributed by atoms with Gasteiger partial charge in [-0.05, 0) is 51.0 Å². The number of aromatic nitrogens is 5. The normalized spacial score (nSPS) is 14.3. The van der Waals surface area contributed by atoms with Crippen LogP contribution in [0.1, 0.15) is 30.4 Å². The number of aryl methyl sites for hydroxylation is 2. The van der Waals surface area contributed by atoms with Crippen LogP contribution in [0.4, 0.5) is 8.78 Å². The van der Waals surface area contributed by atoms with E-state index in [1.165, 1.54) is 18.2 Å². The van der Waals surface area contributed by atoms with Gasteiger partial charge in [-0.2, -0.15) is 0 Å². The first-order valence-electron chi connectivity index (χ1n) is 12.9. The molecule has 5 aromatic rings. The molecule has 0 atom stereocenters. The second kappa shape index (κ2) is 10.2. The van der Waals surface area contributed by atoms with E-state index in [0.29, 0.717) is 48.0 Å². The highest BCUT2D eigenvalue weighted by atomic mass is 19.1. The van der Waals surface area contributed by atoms with Crippen LogP contribution >= 0.6 is 0 Å². The maximum Gasteiger partial charge on any atom is 0.322 e. The summed E-state index contributed by atoms with van der Waals surface area (Å²) in [4.78, 5) is 30.9. The maximum absolute atomic E-state index is 15.4. The van der Waals surface area contributed by atoms with Crippen molar-refractivity contribution >= 4 is 27.8 Å². The number of hydrogen-bond donors (Lipinski definition) is 1. The molecule has 9 nitrogen and oxygen atoms in total. The lowest BCUT2D eigenvalue weighted by molar-refractivity contribution is -0.135. The smallest absolute Gasteiger partial charge is 0.322 e. The molecule has 0 bridgehead atoms. The molecule has 1 aliphatic heterocycles. The first-order chi connectivity index (χ1) is 19.3. The number of likely N-dealkylation sites (tertiary alicyclic amines) is 1. The summed E-state index contributed by atoms with van der Waals surface area (Å²) in [5.74, 6) is -0.586. The third-order valence-electron chi connectivity index (χ3n) is 7.31. The summed E-state index contributed by atoms with van der Waals surface area (Å²) in [5, 5.41) is 9.86. The molecular weight excluding hydrogens is 518 g/mol. The van der Waals surface area contributed by atoms with Gasteiger partial charge in [-0.3, -0.25) is 9.78 Å². The van der Waals surface area contributed by atoms with E-state index in [-0.39, 0.29) is 34.8 Å². The number of piperidine rings is 1. The summed E-state index contributed by atoms with van der Waals surface area (Å²) in [6, 6.07) is 8.97. The van der Waals surface area contributed by atoms with Gasteiger partial charge in [-0.1, -0.05) is 0 Å². The standard InChI is InChI=1S/C29H26F2N6O3/c1-16-5-8-32-29(34-16)40-19-3-4-20(23(30)11-19)21-12-22-25(13-24(21)31)33-14-26-28(22)37(17(2)35-26)18-6-9-36(10-7-18)27(39)15-38/h3-5,8,11-14,18,38H,6-7,9-10,15H2,1-2H3. The van der Waals surface area contributed by atoms with Crippen LogP contribution in [0.2, 0.25) is 0 Å². The average Bonchev–Trinajstić information content (AvgIpc) is 3.29. The first kappa shape index (κ1) is 25.8. The number of pyridine rings is 1. The number of ether oxygens (including phenoxy) is 1. The largest absolute Gasteiger partial charge is 0.424 e. The molecule has 1 amide bonds. The third kappa shape index (κ3) is 4.62. The number of rotatable bonds is 5. The Labute approximate surface area is 228 Å². The number of nitrogens with zero attached hydrogens (tertiary/aromatic N) is 6. The number of aliphatic hydroxyl groups is 1. The molecule has 0 aliphatic carbocycles. The number of amides is 1. The lowest BCUT2D eigenvalue weighted by atomic mass is 10.00. The van der Waals surface area contributed by atoms with Crippen molar-refractivity contribution in [2.24, 2.45) is 0 Å². The molecule has 0 spiro atoms. The van der Waals surface area contributed by atoms with Gasteiger partial charge >= 0.3 is 6.01 Å². The predicted octanol–water partition coefficient (Wildman–Crippen LogP) is 4.88. The van der Waals surface area contributed by atoms with Crippen LogP contribution in [-0.2, 0) is 4.79 Å². The van der Waals surface area contributed by atoms with Crippen molar-refractivity contribution < 1.29 is 23.4 Å². The SMILES string of the molecule is Cc1ccnc(Oc2ccc(-c3cc4c(cc3F)ncc3nc(C)n(C5CCN(C(=O)CO)CC5)c34)c(F)c2)n1. The summed E-state index contributed by atoms with van der Waals surface area (Å²) in [7, 11) is 0. The van der Waals surface area contributed by atoms with Crippen molar-refractivity contribution in [3.05, 3.63) is 71.9 Å². The van der Waals surface area contributed by atoms with Gasteiger partial charge in [0.15, 0.2) is 0 Å². The number of hydrogen-bond acceptors (Lipinski definition) is 7. The van der Waals surface area contributed by atoms with Gasteiger partial charge < -0.3 is 19.3 Å². The molecule has 4 heterocycles. The van der Waals surface area contributed by atoms with Crippen LogP contribution in [-0.4, -0.2) is 60.1 Å². The highest BCUT2D eigenvalue weighted by Crippen LogP contribution is 2.36. The van der Waals surface area contributed by atoms with Crippen molar-refractivity contribution in [1.29, 1.82) is 0 Å². The molecule has 0 radical (unpaired) electrons. The Morgan fingerprint density at radius 1 is 1.00 bits per heavy atom. The number of fused-ring (bicyclic) bond motifs is 3. The van der Waals surface area contributed by atoms with E-state index in [1.54, 1.807) is 42.4 Å². The van der Waals surface area contributed by atoms with E-state index in [9.17, 15) is 9.90 Å². The first-order valence-corrected chi connectivity index (χ1v) is 12.9. The van der Waals surface area contributed by atoms with Gasteiger partial charge in [-0.15, -0.1) is 0 Å². The van der Waals surface area contributed by atoms with Crippen LogP contribution in [0.3, 0.4) is 0 Å².